The Kier molecular flexibility index (Phi) is 4.98. The van der Waals surface area contributed by atoms with E-state index >= 15 is 0 Å². The molecule has 1 aromatic carbocycles. The predicted molar refractivity (Wildman–Crippen MR) is 80.4 cm³/mol. The SMILES string of the molecule is COCc1ccccc1C(O)c1c(OC)cnn1C(C)C. The largest absolute Gasteiger partial charge is 0.493 e. The number of nitrogens with zero attached hydrogens (tertiary/aromatic N) is 2. The molecule has 1 heterocycles. The highest BCUT2D eigenvalue weighted by atomic mass is 16.5. The van der Waals surface area contributed by atoms with E-state index in [-0.39, 0.29) is 6.04 Å². The van der Waals surface area contributed by atoms with Gasteiger partial charge in [-0.15, -0.1) is 0 Å². The summed E-state index contributed by atoms with van der Waals surface area (Å²) < 4.78 is 12.3. The van der Waals surface area contributed by atoms with Gasteiger partial charge in [0.2, 0.25) is 0 Å². The molecule has 0 fully saturated rings. The van der Waals surface area contributed by atoms with Gasteiger partial charge in [-0.2, -0.15) is 5.10 Å². The van der Waals surface area contributed by atoms with E-state index in [1.54, 1.807) is 25.1 Å². The van der Waals surface area contributed by atoms with Crippen LogP contribution in [0, 0.1) is 0 Å². The molecule has 1 N–H and O–H groups in total. The van der Waals surface area contributed by atoms with Crippen LogP contribution in [0.4, 0.5) is 0 Å². The third kappa shape index (κ3) is 3.09. The molecule has 0 amide bonds. The van der Waals surface area contributed by atoms with Crippen molar-refractivity contribution in [3.8, 4) is 5.75 Å². The zero-order valence-corrected chi connectivity index (χ0v) is 12.9. The van der Waals surface area contributed by atoms with Gasteiger partial charge >= 0.3 is 0 Å². The van der Waals surface area contributed by atoms with E-state index in [9.17, 15) is 5.11 Å². The molecule has 114 valence electrons. The fourth-order valence-electron chi connectivity index (χ4n) is 2.42. The smallest absolute Gasteiger partial charge is 0.163 e. The minimum atomic E-state index is -0.809. The molecule has 0 radical (unpaired) electrons. The van der Waals surface area contributed by atoms with E-state index in [1.807, 2.05) is 38.1 Å². The lowest BCUT2D eigenvalue weighted by molar-refractivity contribution is 0.172. The fraction of sp³-hybridized carbons (Fsp3) is 0.438. The Balaban J connectivity index is 2.49. The standard InChI is InChI=1S/C16H22N2O3/c1-11(2)18-15(14(21-4)9-17-18)16(19)13-8-6-5-7-12(13)10-20-3/h5-9,11,16,19H,10H2,1-4H3. The highest BCUT2D eigenvalue weighted by molar-refractivity contribution is 5.38. The molecule has 0 bridgehead atoms. The fourth-order valence-corrected chi connectivity index (χ4v) is 2.42. The number of hydrogen-bond donors (Lipinski definition) is 1. The molecule has 1 aromatic heterocycles. The molecule has 5 nitrogen and oxygen atoms in total. The van der Waals surface area contributed by atoms with Gasteiger partial charge in [0, 0.05) is 13.2 Å². The van der Waals surface area contributed by atoms with Crippen molar-refractivity contribution in [2.24, 2.45) is 0 Å². The van der Waals surface area contributed by atoms with Crippen molar-refractivity contribution in [3.63, 3.8) is 0 Å². The zero-order chi connectivity index (χ0) is 15.4. The monoisotopic (exact) mass is 290 g/mol. The second-order valence-electron chi connectivity index (χ2n) is 5.17. The predicted octanol–water partition coefficient (Wildman–Crippen LogP) is 2.70. The number of benzene rings is 1. The van der Waals surface area contributed by atoms with Crippen molar-refractivity contribution in [2.75, 3.05) is 14.2 Å². The summed E-state index contributed by atoms with van der Waals surface area (Å²) in [7, 11) is 3.22. The van der Waals surface area contributed by atoms with Gasteiger partial charge in [0.05, 0.1) is 19.9 Å². The van der Waals surface area contributed by atoms with Crippen molar-refractivity contribution in [3.05, 3.63) is 47.3 Å². The van der Waals surface area contributed by atoms with Crippen molar-refractivity contribution >= 4 is 0 Å². The van der Waals surface area contributed by atoms with Crippen LogP contribution < -0.4 is 4.74 Å². The second-order valence-corrected chi connectivity index (χ2v) is 5.17. The molecular weight excluding hydrogens is 268 g/mol. The topological polar surface area (TPSA) is 56.5 Å². The second kappa shape index (κ2) is 6.74. The van der Waals surface area contributed by atoms with Gasteiger partial charge < -0.3 is 14.6 Å². The first-order valence-corrected chi connectivity index (χ1v) is 6.96. The first-order chi connectivity index (χ1) is 10.1. The van der Waals surface area contributed by atoms with Crippen LogP contribution in [0.3, 0.4) is 0 Å². The van der Waals surface area contributed by atoms with Gasteiger partial charge in [0.25, 0.3) is 0 Å². The Morgan fingerprint density at radius 3 is 2.57 bits per heavy atom. The minimum absolute atomic E-state index is 0.133. The van der Waals surface area contributed by atoms with E-state index in [0.717, 1.165) is 11.1 Å². The molecular formula is C16H22N2O3. The van der Waals surface area contributed by atoms with Crippen molar-refractivity contribution < 1.29 is 14.6 Å². The van der Waals surface area contributed by atoms with Crippen LogP contribution in [0.2, 0.25) is 0 Å². The van der Waals surface area contributed by atoms with Gasteiger partial charge in [0.15, 0.2) is 5.75 Å². The highest BCUT2D eigenvalue weighted by Gasteiger charge is 2.24. The lowest BCUT2D eigenvalue weighted by Gasteiger charge is -2.19. The van der Waals surface area contributed by atoms with Crippen molar-refractivity contribution in [1.82, 2.24) is 9.78 Å². The molecule has 5 heteroatoms. The van der Waals surface area contributed by atoms with Crippen molar-refractivity contribution in [1.29, 1.82) is 0 Å². The number of ether oxygens (including phenoxy) is 2. The average Bonchev–Trinajstić information content (AvgIpc) is 2.91. The van der Waals surface area contributed by atoms with Crippen LogP contribution in [0.5, 0.6) is 5.75 Å². The van der Waals surface area contributed by atoms with Crippen LogP contribution in [0.1, 0.15) is 42.8 Å². The Morgan fingerprint density at radius 2 is 1.95 bits per heavy atom. The molecule has 0 spiro atoms. The first-order valence-electron chi connectivity index (χ1n) is 6.96. The lowest BCUT2D eigenvalue weighted by atomic mass is 10.00. The first kappa shape index (κ1) is 15.5. The molecule has 2 aromatic rings. The van der Waals surface area contributed by atoms with Crippen LogP contribution in [-0.4, -0.2) is 29.1 Å². The maximum atomic E-state index is 10.8. The van der Waals surface area contributed by atoms with E-state index in [4.69, 9.17) is 9.47 Å². The van der Waals surface area contributed by atoms with E-state index in [2.05, 4.69) is 5.10 Å². The molecule has 0 aliphatic rings. The van der Waals surface area contributed by atoms with Crippen molar-refractivity contribution in [2.45, 2.75) is 32.6 Å². The maximum absolute atomic E-state index is 10.8. The summed E-state index contributed by atoms with van der Waals surface area (Å²) in [6.07, 6.45) is 0.827. The maximum Gasteiger partial charge on any atom is 0.163 e. The van der Waals surface area contributed by atoms with Crippen LogP contribution in [0.25, 0.3) is 0 Å². The molecule has 0 aliphatic heterocycles. The highest BCUT2D eigenvalue weighted by Crippen LogP contribution is 2.33. The van der Waals surface area contributed by atoms with Gasteiger partial charge in [-0.05, 0) is 25.0 Å². The molecule has 1 unspecified atom stereocenters. The third-order valence-electron chi connectivity index (χ3n) is 3.42. The Hall–Kier alpha value is -1.85. The molecule has 0 saturated carbocycles. The van der Waals surface area contributed by atoms with Gasteiger partial charge in [-0.1, -0.05) is 24.3 Å². The summed E-state index contributed by atoms with van der Waals surface area (Å²) in [6, 6.07) is 7.82. The average molecular weight is 290 g/mol. The summed E-state index contributed by atoms with van der Waals surface area (Å²) in [4.78, 5) is 0. The number of aliphatic hydroxyl groups excluding tert-OH is 1. The Labute approximate surface area is 125 Å². The quantitative estimate of drug-likeness (QED) is 0.888. The number of rotatable bonds is 6. The summed E-state index contributed by atoms with van der Waals surface area (Å²) in [6.45, 7) is 4.48. The number of aliphatic hydroxyl groups is 1. The van der Waals surface area contributed by atoms with Crippen LogP contribution >= 0.6 is 0 Å². The zero-order valence-electron chi connectivity index (χ0n) is 12.9. The molecule has 21 heavy (non-hydrogen) atoms. The van der Waals surface area contributed by atoms with E-state index in [1.165, 1.54) is 0 Å². The minimum Gasteiger partial charge on any atom is -0.493 e. The summed E-state index contributed by atoms with van der Waals surface area (Å²) in [5, 5.41) is 15.1. The summed E-state index contributed by atoms with van der Waals surface area (Å²) in [5.41, 5.74) is 2.42. The Bertz CT molecular complexity index is 593. The summed E-state index contributed by atoms with van der Waals surface area (Å²) >= 11 is 0. The molecule has 0 saturated heterocycles. The number of methoxy groups -OCH3 is 2. The van der Waals surface area contributed by atoms with Gasteiger partial charge in [-0.25, -0.2) is 0 Å². The lowest BCUT2D eigenvalue weighted by Crippen LogP contribution is -2.14. The van der Waals surface area contributed by atoms with Crippen LogP contribution in [0.15, 0.2) is 30.5 Å². The third-order valence-corrected chi connectivity index (χ3v) is 3.42. The molecule has 1 atom stereocenters. The normalized spacial score (nSPS) is 12.7. The molecule has 2 rings (SSSR count). The molecule has 0 aliphatic carbocycles. The summed E-state index contributed by atoms with van der Waals surface area (Å²) in [5.74, 6) is 0.586. The van der Waals surface area contributed by atoms with E-state index < -0.39 is 6.10 Å². The Morgan fingerprint density at radius 1 is 1.24 bits per heavy atom. The van der Waals surface area contributed by atoms with Gasteiger partial charge in [-0.3, -0.25) is 4.68 Å². The van der Waals surface area contributed by atoms with Crippen LogP contribution in [-0.2, 0) is 11.3 Å². The number of hydrogen-bond acceptors (Lipinski definition) is 4. The van der Waals surface area contributed by atoms with Gasteiger partial charge in [0.1, 0.15) is 11.8 Å². The number of aromatic nitrogens is 2. The van der Waals surface area contributed by atoms with E-state index in [0.29, 0.717) is 18.1 Å².